The van der Waals surface area contributed by atoms with Crippen molar-refractivity contribution in [1.29, 1.82) is 0 Å². The Morgan fingerprint density at radius 2 is 1.50 bits per heavy atom. The van der Waals surface area contributed by atoms with Gasteiger partial charge in [0.05, 0.1) is 12.2 Å². The summed E-state index contributed by atoms with van der Waals surface area (Å²) in [7, 11) is 1.90. The predicted octanol–water partition coefficient (Wildman–Crippen LogP) is 6.97. The lowest BCUT2D eigenvalue weighted by Crippen LogP contribution is -2.58. The number of hydrogen-bond acceptors (Lipinski definition) is 3. The number of fused-ring (bicyclic) bond motifs is 6. The molecule has 5 rings (SSSR count). The highest BCUT2D eigenvalue weighted by molar-refractivity contribution is 5.95. The van der Waals surface area contributed by atoms with Crippen molar-refractivity contribution in [3.05, 3.63) is 11.6 Å². The highest BCUT2D eigenvalue weighted by Crippen LogP contribution is 2.70. The van der Waals surface area contributed by atoms with E-state index in [1.54, 1.807) is 0 Å². The SMILES string of the molecule is COC1CCC2(C)C3CCC4C(=CC(=O)C5C(C)(C)C(O)CCC45C)CC3(C)CCC2C1(C)C. The van der Waals surface area contributed by atoms with E-state index in [0.717, 1.165) is 19.3 Å². The number of allylic oxidation sites excluding steroid dienone is 2. The molecule has 0 aliphatic heterocycles. The Morgan fingerprint density at radius 3 is 2.18 bits per heavy atom. The van der Waals surface area contributed by atoms with E-state index in [2.05, 4.69) is 54.5 Å². The highest BCUT2D eigenvalue weighted by atomic mass is 16.5. The molecule has 0 aromatic rings. The van der Waals surface area contributed by atoms with E-state index in [1.165, 1.54) is 44.1 Å². The maximum Gasteiger partial charge on any atom is 0.159 e. The number of carbonyl (C=O) groups is 1. The second-order valence-corrected chi connectivity index (χ2v) is 15.1. The molecule has 4 fully saturated rings. The first-order chi connectivity index (χ1) is 15.7. The van der Waals surface area contributed by atoms with E-state index < -0.39 is 0 Å². The van der Waals surface area contributed by atoms with Crippen molar-refractivity contribution in [2.24, 2.45) is 50.7 Å². The van der Waals surface area contributed by atoms with Crippen molar-refractivity contribution in [3.8, 4) is 0 Å². The summed E-state index contributed by atoms with van der Waals surface area (Å²) in [6, 6.07) is 0. The van der Waals surface area contributed by atoms with Gasteiger partial charge >= 0.3 is 0 Å². The van der Waals surface area contributed by atoms with Gasteiger partial charge in [0.25, 0.3) is 0 Å². The molecule has 0 spiro atoms. The van der Waals surface area contributed by atoms with E-state index in [0.29, 0.717) is 35.1 Å². The maximum absolute atomic E-state index is 13.7. The summed E-state index contributed by atoms with van der Waals surface area (Å²) < 4.78 is 6.01. The number of rotatable bonds is 1. The Morgan fingerprint density at radius 1 is 0.824 bits per heavy atom. The molecule has 3 heteroatoms. The van der Waals surface area contributed by atoms with Gasteiger partial charge in [-0.2, -0.15) is 0 Å². The molecule has 0 bridgehead atoms. The monoisotopic (exact) mass is 470 g/mol. The molecule has 9 unspecified atom stereocenters. The van der Waals surface area contributed by atoms with Gasteiger partial charge in [-0.3, -0.25) is 4.79 Å². The Kier molecular flexibility index (Phi) is 5.64. The highest BCUT2D eigenvalue weighted by Gasteiger charge is 2.64. The van der Waals surface area contributed by atoms with Gasteiger partial charge in [0, 0.05) is 18.4 Å². The zero-order chi connectivity index (χ0) is 24.9. The summed E-state index contributed by atoms with van der Waals surface area (Å²) in [6.45, 7) is 16.8. The summed E-state index contributed by atoms with van der Waals surface area (Å²) in [4.78, 5) is 13.7. The minimum Gasteiger partial charge on any atom is -0.393 e. The molecule has 34 heavy (non-hydrogen) atoms. The van der Waals surface area contributed by atoms with Gasteiger partial charge in [0.1, 0.15) is 0 Å². The lowest BCUT2D eigenvalue weighted by molar-refractivity contribution is -0.178. The molecule has 4 saturated carbocycles. The largest absolute Gasteiger partial charge is 0.393 e. The van der Waals surface area contributed by atoms with Crippen molar-refractivity contribution >= 4 is 5.78 Å². The van der Waals surface area contributed by atoms with Crippen LogP contribution in [0.1, 0.15) is 106 Å². The van der Waals surface area contributed by atoms with E-state index in [4.69, 9.17) is 4.74 Å². The molecule has 0 aromatic carbocycles. The fourth-order valence-corrected chi connectivity index (χ4v) is 11.3. The smallest absolute Gasteiger partial charge is 0.159 e. The summed E-state index contributed by atoms with van der Waals surface area (Å²) in [6.07, 6.45) is 12.4. The van der Waals surface area contributed by atoms with Gasteiger partial charge in [-0.15, -0.1) is 0 Å². The standard InChI is InChI=1S/C31H50O3/c1-27(2)22-11-14-29(5)18-19-17-21(32)26-28(3,4)24(33)12-15-30(26,6)20(19)9-10-23(29)31(22,7)16-13-25(27)34-8/h17,20,22-26,33H,9-16,18H2,1-8H3. The van der Waals surface area contributed by atoms with Crippen LogP contribution in [0.2, 0.25) is 0 Å². The number of methoxy groups -OCH3 is 1. The van der Waals surface area contributed by atoms with E-state index >= 15 is 0 Å². The molecule has 192 valence electrons. The third kappa shape index (κ3) is 3.17. The van der Waals surface area contributed by atoms with Gasteiger partial charge in [0.15, 0.2) is 5.78 Å². The molecule has 1 N–H and O–H groups in total. The van der Waals surface area contributed by atoms with Crippen LogP contribution < -0.4 is 0 Å². The van der Waals surface area contributed by atoms with Crippen LogP contribution in [0, 0.1) is 50.7 Å². The number of ether oxygens (including phenoxy) is 1. The van der Waals surface area contributed by atoms with Crippen molar-refractivity contribution in [1.82, 2.24) is 0 Å². The van der Waals surface area contributed by atoms with E-state index in [1.807, 2.05) is 7.11 Å². The maximum atomic E-state index is 13.7. The van der Waals surface area contributed by atoms with Gasteiger partial charge in [-0.25, -0.2) is 0 Å². The Hall–Kier alpha value is -0.670. The Balaban J connectivity index is 1.53. The van der Waals surface area contributed by atoms with Crippen LogP contribution in [0.4, 0.5) is 0 Å². The number of aliphatic hydroxyl groups excluding tert-OH is 1. The minimum absolute atomic E-state index is 0.0267. The molecular weight excluding hydrogens is 420 g/mol. The van der Waals surface area contributed by atoms with Crippen LogP contribution >= 0.6 is 0 Å². The van der Waals surface area contributed by atoms with Gasteiger partial charge in [-0.1, -0.05) is 54.0 Å². The van der Waals surface area contributed by atoms with Crippen LogP contribution in [0.15, 0.2) is 11.6 Å². The Bertz CT molecular complexity index is 885. The normalized spacial score (nSPS) is 51.8. The molecule has 0 radical (unpaired) electrons. The molecule has 0 saturated heterocycles. The van der Waals surface area contributed by atoms with Gasteiger partial charge < -0.3 is 9.84 Å². The molecule has 5 aliphatic carbocycles. The number of hydrogen-bond donors (Lipinski definition) is 1. The molecule has 5 aliphatic rings. The number of aliphatic hydroxyl groups is 1. The first-order valence-corrected chi connectivity index (χ1v) is 14.2. The summed E-state index contributed by atoms with van der Waals surface area (Å²) in [5.41, 5.74) is 1.89. The molecule has 0 aromatic heterocycles. The Labute approximate surface area is 208 Å². The van der Waals surface area contributed by atoms with Crippen molar-refractivity contribution in [2.45, 2.75) is 118 Å². The topological polar surface area (TPSA) is 46.5 Å². The van der Waals surface area contributed by atoms with Crippen molar-refractivity contribution in [3.63, 3.8) is 0 Å². The first-order valence-electron chi connectivity index (χ1n) is 14.2. The quantitative estimate of drug-likeness (QED) is 0.450. The fraction of sp³-hybridized carbons (Fsp3) is 0.903. The van der Waals surface area contributed by atoms with E-state index in [9.17, 15) is 9.90 Å². The molecule has 3 nitrogen and oxygen atoms in total. The lowest BCUT2D eigenvalue weighted by Gasteiger charge is -2.64. The number of carbonyl (C=O) groups excluding carboxylic acids is 1. The van der Waals surface area contributed by atoms with Gasteiger partial charge in [-0.05, 0) is 103 Å². The molecular formula is C31H50O3. The zero-order valence-corrected chi connectivity index (χ0v) is 23.2. The summed E-state index contributed by atoms with van der Waals surface area (Å²) in [5, 5.41) is 10.8. The fourth-order valence-electron chi connectivity index (χ4n) is 11.3. The second-order valence-electron chi connectivity index (χ2n) is 15.1. The van der Waals surface area contributed by atoms with Crippen molar-refractivity contribution < 1.29 is 14.6 Å². The summed E-state index contributed by atoms with van der Waals surface area (Å²) >= 11 is 0. The molecule has 0 heterocycles. The van der Waals surface area contributed by atoms with Crippen LogP contribution in [0.25, 0.3) is 0 Å². The lowest BCUT2D eigenvalue weighted by atomic mass is 9.42. The zero-order valence-electron chi connectivity index (χ0n) is 23.2. The van der Waals surface area contributed by atoms with Crippen LogP contribution in [0.3, 0.4) is 0 Å². The molecule has 0 amide bonds. The van der Waals surface area contributed by atoms with Crippen LogP contribution in [0.5, 0.6) is 0 Å². The number of ketones is 1. The first kappa shape index (κ1) is 25.0. The third-order valence-electron chi connectivity index (χ3n) is 12.8. The third-order valence-corrected chi connectivity index (χ3v) is 12.8. The van der Waals surface area contributed by atoms with Gasteiger partial charge in [0.2, 0.25) is 0 Å². The average molecular weight is 471 g/mol. The molecule has 9 atom stereocenters. The van der Waals surface area contributed by atoms with Crippen LogP contribution in [-0.4, -0.2) is 30.2 Å². The minimum atomic E-state index is -0.381. The summed E-state index contributed by atoms with van der Waals surface area (Å²) in [5.74, 6) is 2.10. The average Bonchev–Trinajstić information content (AvgIpc) is 2.87. The predicted molar refractivity (Wildman–Crippen MR) is 137 cm³/mol. The van der Waals surface area contributed by atoms with Crippen molar-refractivity contribution in [2.75, 3.05) is 7.11 Å². The van der Waals surface area contributed by atoms with E-state index in [-0.39, 0.29) is 33.7 Å². The van der Waals surface area contributed by atoms with Crippen LogP contribution in [-0.2, 0) is 9.53 Å². The second kappa shape index (κ2) is 7.67.